The van der Waals surface area contributed by atoms with Crippen LogP contribution in [-0.4, -0.2) is 82.7 Å². The number of hydrogen-bond donors (Lipinski definition) is 3. The summed E-state index contributed by atoms with van der Waals surface area (Å²) in [7, 11) is -3.99. The molecule has 3 heterocycles. The van der Waals surface area contributed by atoms with E-state index >= 15 is 0 Å². The van der Waals surface area contributed by atoms with Crippen molar-refractivity contribution in [1.82, 2.24) is 25.2 Å². The molecule has 1 saturated heterocycles. The monoisotopic (exact) mass is 737 g/mol. The lowest BCUT2D eigenvalue weighted by atomic mass is 10.0. The second kappa shape index (κ2) is 14.7. The largest absolute Gasteiger partial charge is 0.472 e. The number of pyridine rings is 1. The van der Waals surface area contributed by atoms with Crippen molar-refractivity contribution < 1.29 is 37.1 Å². The quantitative estimate of drug-likeness (QED) is 0.326. The molecule has 3 N–H and O–H groups in total. The van der Waals surface area contributed by atoms with Crippen molar-refractivity contribution in [1.29, 1.82) is 0 Å². The number of benzene rings is 1. The third-order valence-electron chi connectivity index (χ3n) is 10.6. The molecule has 0 spiro atoms. The number of ether oxygens (including phenoxy) is 2. The van der Waals surface area contributed by atoms with Crippen LogP contribution in [0.4, 0.5) is 4.79 Å². The zero-order valence-electron chi connectivity index (χ0n) is 30.5. The first-order chi connectivity index (χ1) is 24.7. The zero-order valence-corrected chi connectivity index (χ0v) is 31.3. The van der Waals surface area contributed by atoms with E-state index in [-0.39, 0.29) is 19.4 Å². The Kier molecular flexibility index (Phi) is 10.6. The van der Waals surface area contributed by atoms with Crippen molar-refractivity contribution in [2.75, 3.05) is 6.54 Å². The first-order valence-corrected chi connectivity index (χ1v) is 20.0. The van der Waals surface area contributed by atoms with E-state index < -0.39 is 73.8 Å². The molecule has 4 amide bonds. The summed E-state index contributed by atoms with van der Waals surface area (Å²) in [5, 5.41) is 7.35. The second-order valence-corrected chi connectivity index (χ2v) is 17.8. The third kappa shape index (κ3) is 8.06. The van der Waals surface area contributed by atoms with Crippen LogP contribution in [0.2, 0.25) is 0 Å². The van der Waals surface area contributed by atoms with Crippen LogP contribution in [0.5, 0.6) is 5.88 Å². The van der Waals surface area contributed by atoms with Crippen molar-refractivity contribution >= 4 is 44.6 Å². The van der Waals surface area contributed by atoms with E-state index in [0.29, 0.717) is 50.8 Å². The molecule has 0 bridgehead atoms. The molecule has 0 radical (unpaired) electrons. The first-order valence-electron chi connectivity index (χ1n) is 18.5. The third-order valence-corrected chi connectivity index (χ3v) is 12.8. The highest BCUT2D eigenvalue weighted by Gasteiger charge is 2.63. The lowest BCUT2D eigenvalue weighted by Crippen LogP contribution is -2.58. The van der Waals surface area contributed by atoms with Crippen LogP contribution < -0.4 is 20.1 Å². The van der Waals surface area contributed by atoms with Gasteiger partial charge in [0.2, 0.25) is 27.7 Å². The summed E-state index contributed by atoms with van der Waals surface area (Å²) in [5.74, 6) is -1.90. The molecule has 282 valence electrons. The van der Waals surface area contributed by atoms with Gasteiger partial charge in [-0.1, -0.05) is 56.5 Å². The van der Waals surface area contributed by atoms with Crippen molar-refractivity contribution in [3.8, 4) is 5.88 Å². The van der Waals surface area contributed by atoms with Crippen molar-refractivity contribution in [2.45, 2.75) is 132 Å². The number of nitrogens with one attached hydrogen (secondary N) is 3. The molecule has 14 heteroatoms. The molecule has 2 saturated carbocycles. The van der Waals surface area contributed by atoms with Crippen LogP contribution in [0.3, 0.4) is 0 Å². The fraction of sp³-hybridized carbons (Fsp3) is 0.605. The number of rotatable bonds is 8. The number of allylic oxidation sites excluding steroid dienone is 1. The van der Waals surface area contributed by atoms with Crippen LogP contribution in [0.1, 0.15) is 98.3 Å². The van der Waals surface area contributed by atoms with Crippen LogP contribution in [-0.2, 0) is 29.1 Å². The fourth-order valence-corrected chi connectivity index (χ4v) is 9.28. The Labute approximate surface area is 305 Å². The van der Waals surface area contributed by atoms with Gasteiger partial charge in [-0.2, -0.15) is 0 Å². The average molecular weight is 738 g/mol. The van der Waals surface area contributed by atoms with Gasteiger partial charge in [0.25, 0.3) is 5.91 Å². The normalized spacial score (nSPS) is 28.3. The summed E-state index contributed by atoms with van der Waals surface area (Å²) in [6, 6.07) is 7.40. The summed E-state index contributed by atoms with van der Waals surface area (Å²) >= 11 is 0. The Bertz CT molecular complexity index is 1830. The number of sulfonamides is 1. The van der Waals surface area contributed by atoms with Gasteiger partial charge in [0.1, 0.15) is 29.3 Å². The molecule has 3 fully saturated rings. The molecule has 1 aromatic heterocycles. The van der Waals surface area contributed by atoms with E-state index in [1.54, 1.807) is 27.0 Å². The molecule has 5 atom stereocenters. The van der Waals surface area contributed by atoms with Crippen molar-refractivity contribution in [3.05, 3.63) is 48.7 Å². The lowest BCUT2D eigenvalue weighted by molar-refractivity contribution is -0.141. The summed E-state index contributed by atoms with van der Waals surface area (Å²) in [6.07, 6.45) is 9.71. The van der Waals surface area contributed by atoms with Gasteiger partial charge in [0.15, 0.2) is 0 Å². The standard InChI is InChI=1S/C38H51N5O8S/c1-5-18-37(19-20-37)52(48,49)42-34(46)38-23-26(38)14-9-7-6-8-10-16-29(40-35(47)51-36(2,3)4)33(45)43-24-27(22-30(43)31(44)41-38)50-32-28-15-12-11-13-25(28)17-21-39-32/h9,11-15,17,21,26-27,29-30H,5-8,10,16,18-20,22-24H2,1-4H3,(H,40,47)(H,41,44)(H,42,46)/b14-9-/t26-,27-,29+,30+,38-/m1/s1. The molecular formula is C38H51N5O8S. The van der Waals surface area contributed by atoms with Crippen molar-refractivity contribution in [3.63, 3.8) is 0 Å². The number of aromatic nitrogens is 1. The molecule has 52 heavy (non-hydrogen) atoms. The number of amides is 4. The number of carbonyl (C=O) groups excluding carboxylic acids is 4. The van der Waals surface area contributed by atoms with Gasteiger partial charge in [-0.3, -0.25) is 19.1 Å². The fourth-order valence-electron chi connectivity index (χ4n) is 7.53. The minimum atomic E-state index is -3.99. The Balaban J connectivity index is 1.30. The second-order valence-electron chi connectivity index (χ2n) is 15.7. The van der Waals surface area contributed by atoms with Gasteiger partial charge >= 0.3 is 6.09 Å². The highest BCUT2D eigenvalue weighted by atomic mass is 32.2. The summed E-state index contributed by atoms with van der Waals surface area (Å²) in [6.45, 7) is 7.13. The number of fused-ring (bicyclic) bond motifs is 3. The first kappa shape index (κ1) is 37.6. The lowest BCUT2D eigenvalue weighted by Gasteiger charge is -2.30. The predicted octanol–water partition coefficient (Wildman–Crippen LogP) is 4.65. The summed E-state index contributed by atoms with van der Waals surface area (Å²) < 4.78 is 40.2. The Morgan fingerprint density at radius 1 is 1.10 bits per heavy atom. The number of nitrogens with zero attached hydrogens (tertiary/aromatic N) is 2. The van der Waals surface area contributed by atoms with Crippen LogP contribution in [0.15, 0.2) is 48.7 Å². The van der Waals surface area contributed by atoms with E-state index in [1.807, 2.05) is 49.4 Å². The van der Waals surface area contributed by atoms with Gasteiger partial charge in [-0.05, 0) is 83.2 Å². The smallest absolute Gasteiger partial charge is 0.408 e. The Hall–Kier alpha value is -4.20. The van der Waals surface area contributed by atoms with E-state index in [2.05, 4.69) is 20.3 Å². The molecule has 4 aliphatic rings. The summed E-state index contributed by atoms with van der Waals surface area (Å²) in [5.41, 5.74) is -2.29. The average Bonchev–Trinajstić information content (AvgIpc) is 3.97. The Morgan fingerprint density at radius 3 is 2.60 bits per heavy atom. The SMILES string of the molecule is CCCC1(S(=O)(=O)NC(=O)[C@@]23C[C@H]2/C=C\CCCCC[C@H](NC(=O)OC(C)(C)C)C(=O)N2C[C@H](Oc4nccc5ccccc45)C[C@H]2C(=O)N3)CC1. The van der Waals surface area contributed by atoms with Crippen molar-refractivity contribution in [2.24, 2.45) is 5.92 Å². The van der Waals surface area contributed by atoms with E-state index in [0.717, 1.165) is 23.6 Å². The zero-order chi connectivity index (χ0) is 37.3. The molecule has 2 aliphatic carbocycles. The predicted molar refractivity (Wildman–Crippen MR) is 195 cm³/mol. The highest BCUT2D eigenvalue weighted by Crippen LogP contribution is 2.49. The molecule has 0 unspecified atom stereocenters. The van der Waals surface area contributed by atoms with E-state index in [9.17, 15) is 27.6 Å². The molecular weight excluding hydrogens is 687 g/mol. The number of alkyl carbamates (subject to hydrolysis) is 1. The maximum absolute atomic E-state index is 14.4. The van der Waals surface area contributed by atoms with Crippen LogP contribution in [0.25, 0.3) is 10.8 Å². The van der Waals surface area contributed by atoms with Gasteiger partial charge in [0.05, 0.1) is 11.3 Å². The molecule has 1 aromatic carbocycles. The van der Waals surface area contributed by atoms with E-state index in [1.165, 1.54) is 4.90 Å². The number of hydrogen-bond acceptors (Lipinski definition) is 9. The highest BCUT2D eigenvalue weighted by molar-refractivity contribution is 7.91. The molecule has 13 nitrogen and oxygen atoms in total. The van der Waals surface area contributed by atoms with Gasteiger partial charge in [-0.25, -0.2) is 18.2 Å². The van der Waals surface area contributed by atoms with Gasteiger partial charge in [0, 0.05) is 23.9 Å². The topological polar surface area (TPSA) is 173 Å². The molecule has 2 aliphatic heterocycles. The molecule has 2 aromatic rings. The van der Waals surface area contributed by atoms with E-state index in [4.69, 9.17) is 9.47 Å². The Morgan fingerprint density at radius 2 is 1.87 bits per heavy atom. The number of carbonyl (C=O) groups is 4. The maximum Gasteiger partial charge on any atom is 0.408 e. The molecule has 6 rings (SSSR count). The van der Waals surface area contributed by atoms with Gasteiger partial charge in [-0.15, -0.1) is 0 Å². The van der Waals surface area contributed by atoms with Crippen LogP contribution >= 0.6 is 0 Å². The minimum absolute atomic E-state index is 0.0186. The maximum atomic E-state index is 14.4. The van der Waals surface area contributed by atoms with Gasteiger partial charge < -0.3 is 25.0 Å². The summed E-state index contributed by atoms with van der Waals surface area (Å²) in [4.78, 5) is 61.6. The van der Waals surface area contributed by atoms with Crippen LogP contribution in [0, 0.1) is 5.92 Å². The minimum Gasteiger partial charge on any atom is -0.472 e.